The molecule has 0 spiro atoms. The molecule has 1 aliphatic rings. The Bertz CT molecular complexity index is 616. The molecule has 1 saturated heterocycles. The van der Waals surface area contributed by atoms with Gasteiger partial charge in [-0.15, -0.1) is 0 Å². The topological polar surface area (TPSA) is 131 Å². The van der Waals surface area contributed by atoms with Crippen LogP contribution in [0.4, 0.5) is 5.82 Å². The molecule has 4 atom stereocenters. The molecule has 9 heteroatoms. The molecule has 22 heavy (non-hydrogen) atoms. The number of aliphatic hydroxyl groups is 3. The fraction of sp³-hybridized carbons (Fsp3) is 0.385. The number of hydrogen-bond donors (Lipinski definition) is 4. The van der Waals surface area contributed by atoms with Gasteiger partial charge < -0.3 is 25.8 Å². The summed E-state index contributed by atoms with van der Waals surface area (Å²) in [6.07, 6.45) is -3.27. The van der Waals surface area contributed by atoms with Crippen molar-refractivity contribution < 1.29 is 20.1 Å². The maximum absolute atomic E-state index is 11.5. The molecule has 0 aliphatic carbocycles. The highest BCUT2D eigenvalue weighted by Gasteiger charge is 2.43. The summed E-state index contributed by atoms with van der Waals surface area (Å²) in [5.74, 6) is 0.0537. The smallest absolute Gasteiger partial charge is 0.351 e. The molecule has 1 aliphatic heterocycles. The highest BCUT2D eigenvalue weighted by atomic mass is 32.1. The van der Waals surface area contributed by atoms with Crippen LogP contribution in [0, 0.1) is 0 Å². The molecule has 2 aromatic heterocycles. The predicted octanol–water partition coefficient (Wildman–Crippen LogP) is -0.815. The van der Waals surface area contributed by atoms with Crippen molar-refractivity contribution in [3.8, 4) is 0 Å². The van der Waals surface area contributed by atoms with Gasteiger partial charge in [-0.25, -0.2) is 4.79 Å². The van der Waals surface area contributed by atoms with E-state index < -0.39 is 36.8 Å². The Morgan fingerprint density at radius 2 is 2.00 bits per heavy atom. The lowest BCUT2D eigenvalue weighted by Crippen LogP contribution is -2.36. The van der Waals surface area contributed by atoms with Gasteiger partial charge in [-0.3, -0.25) is 4.57 Å². The molecule has 2 aromatic rings. The molecule has 1 fully saturated rings. The fourth-order valence-electron chi connectivity index (χ4n) is 1.96. The van der Waals surface area contributed by atoms with E-state index in [9.17, 15) is 15.0 Å². The molecule has 3 rings (SSSR count). The van der Waals surface area contributed by atoms with E-state index in [-0.39, 0.29) is 5.82 Å². The highest BCUT2D eigenvalue weighted by Crippen LogP contribution is 2.27. The average molecular weight is 327 g/mol. The van der Waals surface area contributed by atoms with Crippen molar-refractivity contribution in [1.29, 1.82) is 0 Å². The minimum absolute atomic E-state index is 0.0537. The zero-order chi connectivity index (χ0) is 16.1. The van der Waals surface area contributed by atoms with Crippen molar-refractivity contribution in [1.82, 2.24) is 9.55 Å². The van der Waals surface area contributed by atoms with Crippen LogP contribution in [-0.2, 0) is 4.74 Å². The highest BCUT2D eigenvalue weighted by molar-refractivity contribution is 7.07. The number of thiophene rings is 1. The fourth-order valence-corrected chi connectivity index (χ4v) is 2.41. The standard InChI is InChI=1S/C9H13N3O5.C4H4S/c10-5-1-2-12(9(16)11-5)8-7(15)6(14)4(3-13)17-8;1-2-4-5-3-1/h1-2,4,6-8,13-15H,3H2,(H2,10,11,16);1-4H/t4-,6-,7-,8-;/m1./s1. The van der Waals surface area contributed by atoms with E-state index in [2.05, 4.69) is 4.98 Å². The van der Waals surface area contributed by atoms with E-state index in [1.54, 1.807) is 11.3 Å². The first-order chi connectivity index (χ1) is 10.5. The summed E-state index contributed by atoms with van der Waals surface area (Å²) in [5.41, 5.74) is 4.63. The Morgan fingerprint density at radius 1 is 1.32 bits per heavy atom. The largest absolute Gasteiger partial charge is 0.394 e. The molecule has 0 unspecified atom stereocenters. The average Bonchev–Trinajstić information content (AvgIpc) is 3.14. The molecule has 3 heterocycles. The van der Waals surface area contributed by atoms with E-state index in [0.29, 0.717) is 0 Å². The molecule has 8 nitrogen and oxygen atoms in total. The number of anilines is 1. The number of nitrogens with zero attached hydrogens (tertiary/aromatic N) is 2. The Balaban J connectivity index is 0.000000299. The van der Waals surface area contributed by atoms with E-state index in [1.165, 1.54) is 12.3 Å². The van der Waals surface area contributed by atoms with Gasteiger partial charge in [0.25, 0.3) is 0 Å². The first-order valence-electron chi connectivity index (χ1n) is 6.49. The van der Waals surface area contributed by atoms with Gasteiger partial charge >= 0.3 is 5.69 Å². The molecular weight excluding hydrogens is 310 g/mol. The van der Waals surface area contributed by atoms with Gasteiger partial charge in [0.2, 0.25) is 0 Å². The SMILES string of the molecule is Nc1ccn([C@@H]2O[C@H](CO)[C@@H](O)[C@H]2O)c(=O)n1.c1ccsc1. The molecule has 0 radical (unpaired) electrons. The number of rotatable bonds is 2. The third-order valence-corrected chi connectivity index (χ3v) is 3.70. The summed E-state index contributed by atoms with van der Waals surface area (Å²) in [7, 11) is 0. The summed E-state index contributed by atoms with van der Waals surface area (Å²) in [4.78, 5) is 15.0. The number of nitrogen functional groups attached to an aromatic ring is 1. The van der Waals surface area contributed by atoms with Crippen molar-refractivity contribution >= 4 is 17.2 Å². The van der Waals surface area contributed by atoms with E-state index in [1.807, 2.05) is 22.9 Å². The predicted molar refractivity (Wildman–Crippen MR) is 80.2 cm³/mol. The second-order valence-electron chi connectivity index (χ2n) is 4.56. The summed E-state index contributed by atoms with van der Waals surface area (Å²) < 4.78 is 6.19. The summed E-state index contributed by atoms with van der Waals surface area (Å²) in [5, 5.41) is 32.2. The third kappa shape index (κ3) is 3.70. The number of ether oxygens (including phenoxy) is 1. The normalized spacial score (nSPS) is 27.2. The van der Waals surface area contributed by atoms with Gasteiger partial charge in [0.1, 0.15) is 24.1 Å². The lowest BCUT2D eigenvalue weighted by molar-refractivity contribution is -0.0549. The van der Waals surface area contributed by atoms with Crippen LogP contribution in [0.5, 0.6) is 0 Å². The van der Waals surface area contributed by atoms with Gasteiger partial charge in [0, 0.05) is 6.20 Å². The van der Waals surface area contributed by atoms with Gasteiger partial charge in [0.15, 0.2) is 6.23 Å². The first-order valence-corrected chi connectivity index (χ1v) is 7.43. The van der Waals surface area contributed by atoms with Crippen LogP contribution in [0.15, 0.2) is 40.0 Å². The number of hydrogen-bond acceptors (Lipinski definition) is 8. The van der Waals surface area contributed by atoms with Gasteiger partial charge in [-0.05, 0) is 16.8 Å². The van der Waals surface area contributed by atoms with E-state index in [4.69, 9.17) is 15.6 Å². The van der Waals surface area contributed by atoms with Gasteiger partial charge in [0.05, 0.1) is 6.61 Å². The van der Waals surface area contributed by atoms with Crippen molar-refractivity contribution in [2.24, 2.45) is 0 Å². The Kier molecular flexibility index (Phi) is 5.63. The summed E-state index contributed by atoms with van der Waals surface area (Å²) >= 11 is 1.71. The van der Waals surface area contributed by atoms with Crippen LogP contribution in [0.3, 0.4) is 0 Å². The minimum atomic E-state index is -1.31. The maximum atomic E-state index is 11.5. The molecule has 0 saturated carbocycles. The first kappa shape index (κ1) is 16.6. The van der Waals surface area contributed by atoms with Crippen molar-refractivity contribution in [3.05, 3.63) is 45.6 Å². The molecule has 120 valence electrons. The van der Waals surface area contributed by atoms with Crippen molar-refractivity contribution in [3.63, 3.8) is 0 Å². The molecule has 5 N–H and O–H groups in total. The summed E-state index contributed by atoms with van der Waals surface area (Å²) in [6, 6.07) is 5.41. The molecule has 0 aromatic carbocycles. The van der Waals surface area contributed by atoms with Crippen LogP contribution < -0.4 is 11.4 Å². The van der Waals surface area contributed by atoms with Gasteiger partial charge in [-0.2, -0.15) is 16.3 Å². The molecule has 0 bridgehead atoms. The van der Waals surface area contributed by atoms with Crippen LogP contribution >= 0.6 is 11.3 Å². The number of nitrogens with two attached hydrogens (primary N) is 1. The van der Waals surface area contributed by atoms with Crippen LogP contribution in [0.1, 0.15) is 6.23 Å². The summed E-state index contributed by atoms with van der Waals surface area (Å²) in [6.45, 7) is -0.453. The zero-order valence-corrected chi connectivity index (χ0v) is 12.3. The van der Waals surface area contributed by atoms with Crippen molar-refractivity contribution in [2.75, 3.05) is 12.3 Å². The lowest BCUT2D eigenvalue weighted by atomic mass is 10.1. The van der Waals surface area contributed by atoms with Crippen LogP contribution in [-0.4, -0.2) is 49.8 Å². The van der Waals surface area contributed by atoms with Crippen LogP contribution in [0.2, 0.25) is 0 Å². The second-order valence-corrected chi connectivity index (χ2v) is 5.38. The van der Waals surface area contributed by atoms with E-state index >= 15 is 0 Å². The Hall–Kier alpha value is -1.78. The zero-order valence-electron chi connectivity index (χ0n) is 11.5. The van der Waals surface area contributed by atoms with Gasteiger partial charge in [-0.1, -0.05) is 12.1 Å². The number of aliphatic hydroxyl groups excluding tert-OH is 3. The van der Waals surface area contributed by atoms with E-state index in [0.717, 1.165) is 4.57 Å². The quantitative estimate of drug-likeness (QED) is 0.567. The third-order valence-electron chi connectivity index (χ3n) is 3.07. The van der Waals surface area contributed by atoms with Crippen LogP contribution in [0.25, 0.3) is 0 Å². The Labute approximate surface area is 130 Å². The maximum Gasteiger partial charge on any atom is 0.351 e. The molecular formula is C13H17N3O5S. The Morgan fingerprint density at radius 3 is 2.45 bits per heavy atom. The van der Waals surface area contributed by atoms with Crippen molar-refractivity contribution in [2.45, 2.75) is 24.5 Å². The second kappa shape index (κ2) is 7.47. The minimum Gasteiger partial charge on any atom is -0.394 e. The molecule has 0 amide bonds. The monoisotopic (exact) mass is 327 g/mol. The lowest BCUT2D eigenvalue weighted by Gasteiger charge is -2.16. The number of aromatic nitrogens is 2.